The molecule has 0 saturated heterocycles. The maximum absolute atomic E-state index is 12.5. The molecule has 0 radical (unpaired) electrons. The Labute approximate surface area is 168 Å². The second-order valence-corrected chi connectivity index (χ2v) is 6.50. The van der Waals surface area contributed by atoms with E-state index in [2.05, 4.69) is 10.3 Å². The highest BCUT2D eigenvalue weighted by Gasteiger charge is 2.23. The number of phenols is 1. The van der Waals surface area contributed by atoms with Gasteiger partial charge in [-0.15, -0.1) is 12.4 Å². The van der Waals surface area contributed by atoms with Gasteiger partial charge in [-0.05, 0) is 35.7 Å². The Morgan fingerprint density at radius 3 is 2.43 bits per heavy atom. The van der Waals surface area contributed by atoms with Crippen LogP contribution in [-0.2, 0) is 22.4 Å². The first kappa shape index (κ1) is 21.3. The second kappa shape index (κ2) is 9.25. The largest absolute Gasteiger partial charge is 0.508 e. The number of H-pyrrole nitrogens is 1. The lowest BCUT2D eigenvalue weighted by Gasteiger charge is -2.18. The van der Waals surface area contributed by atoms with Crippen molar-refractivity contribution in [2.75, 3.05) is 0 Å². The molecule has 2 atom stereocenters. The van der Waals surface area contributed by atoms with Crippen molar-refractivity contribution in [2.24, 2.45) is 11.5 Å². The topological polar surface area (TPSA) is 134 Å². The van der Waals surface area contributed by atoms with Crippen LogP contribution < -0.4 is 16.8 Å². The third kappa shape index (κ3) is 5.03. The average Bonchev–Trinajstić information content (AvgIpc) is 3.05. The molecular formula is C20H23ClN4O3. The maximum Gasteiger partial charge on any atom is 0.240 e. The van der Waals surface area contributed by atoms with Gasteiger partial charge in [0.15, 0.2) is 0 Å². The van der Waals surface area contributed by atoms with E-state index in [-0.39, 0.29) is 24.6 Å². The van der Waals surface area contributed by atoms with E-state index in [0.717, 1.165) is 22.0 Å². The highest BCUT2D eigenvalue weighted by Crippen LogP contribution is 2.19. The number of nitrogens with one attached hydrogen (secondary N) is 2. The minimum absolute atomic E-state index is 0. The number of nitrogens with two attached hydrogens (primary N) is 2. The van der Waals surface area contributed by atoms with E-state index in [1.165, 1.54) is 12.1 Å². The summed E-state index contributed by atoms with van der Waals surface area (Å²) in [6.07, 6.45) is 2.39. The van der Waals surface area contributed by atoms with Gasteiger partial charge in [-0.1, -0.05) is 30.3 Å². The molecule has 2 amide bonds. The van der Waals surface area contributed by atoms with E-state index in [1.54, 1.807) is 12.1 Å². The predicted octanol–water partition coefficient (Wildman–Crippen LogP) is 1.38. The molecule has 0 aliphatic carbocycles. The zero-order valence-electron chi connectivity index (χ0n) is 15.1. The fourth-order valence-electron chi connectivity index (χ4n) is 3.00. The molecule has 8 heteroatoms. The van der Waals surface area contributed by atoms with E-state index in [4.69, 9.17) is 11.5 Å². The van der Waals surface area contributed by atoms with Crippen molar-refractivity contribution in [1.29, 1.82) is 0 Å². The number of fused-ring (bicyclic) bond motifs is 1. The van der Waals surface area contributed by atoms with Crippen molar-refractivity contribution in [3.05, 3.63) is 65.9 Å². The Morgan fingerprint density at radius 2 is 1.75 bits per heavy atom. The van der Waals surface area contributed by atoms with Crippen LogP contribution in [0.1, 0.15) is 11.1 Å². The van der Waals surface area contributed by atoms with Crippen molar-refractivity contribution in [1.82, 2.24) is 10.3 Å². The van der Waals surface area contributed by atoms with Crippen LogP contribution in [0.15, 0.2) is 54.7 Å². The molecule has 7 nitrogen and oxygen atoms in total. The normalized spacial score (nSPS) is 12.8. The summed E-state index contributed by atoms with van der Waals surface area (Å²) in [5, 5.41) is 13.0. The van der Waals surface area contributed by atoms with Crippen LogP contribution in [0.5, 0.6) is 5.75 Å². The number of aromatic nitrogens is 1. The Balaban J connectivity index is 0.00000280. The molecule has 0 fully saturated rings. The van der Waals surface area contributed by atoms with Crippen LogP contribution in [0.3, 0.4) is 0 Å². The molecule has 2 unspecified atom stereocenters. The number of hydrogen-bond acceptors (Lipinski definition) is 4. The lowest BCUT2D eigenvalue weighted by Crippen LogP contribution is -2.51. The van der Waals surface area contributed by atoms with Crippen LogP contribution >= 0.6 is 12.4 Å². The molecule has 0 aliphatic rings. The van der Waals surface area contributed by atoms with Gasteiger partial charge in [-0.2, -0.15) is 0 Å². The van der Waals surface area contributed by atoms with Crippen LogP contribution in [0.4, 0.5) is 0 Å². The molecule has 3 rings (SSSR count). The van der Waals surface area contributed by atoms with E-state index in [9.17, 15) is 14.7 Å². The molecule has 148 valence electrons. The smallest absolute Gasteiger partial charge is 0.240 e. The SMILES string of the molecule is Cl.NC(=O)C(Cc1ccc(O)cc1)NC(=O)C(N)Cc1c[nH]c2ccccc12. The Hall–Kier alpha value is -3.03. The Bertz CT molecular complexity index is 955. The first-order chi connectivity index (χ1) is 12.9. The van der Waals surface area contributed by atoms with E-state index in [1.807, 2.05) is 30.5 Å². The van der Waals surface area contributed by atoms with Gasteiger partial charge in [0.2, 0.25) is 11.8 Å². The van der Waals surface area contributed by atoms with Crippen molar-refractivity contribution in [3.63, 3.8) is 0 Å². The third-order valence-corrected chi connectivity index (χ3v) is 4.49. The second-order valence-electron chi connectivity index (χ2n) is 6.50. The average molecular weight is 403 g/mol. The number of aromatic amines is 1. The molecule has 28 heavy (non-hydrogen) atoms. The third-order valence-electron chi connectivity index (χ3n) is 4.49. The fourth-order valence-corrected chi connectivity index (χ4v) is 3.00. The van der Waals surface area contributed by atoms with Crippen LogP contribution in [0.2, 0.25) is 0 Å². The number of carbonyl (C=O) groups excluding carboxylic acids is 2. The summed E-state index contributed by atoms with van der Waals surface area (Å²) in [6, 6.07) is 12.4. The maximum atomic E-state index is 12.5. The zero-order chi connectivity index (χ0) is 19.4. The van der Waals surface area contributed by atoms with E-state index in [0.29, 0.717) is 6.42 Å². The molecule has 2 aromatic carbocycles. The first-order valence-corrected chi connectivity index (χ1v) is 8.62. The van der Waals surface area contributed by atoms with Gasteiger partial charge in [0.05, 0.1) is 6.04 Å². The highest BCUT2D eigenvalue weighted by molar-refractivity contribution is 5.90. The molecular weight excluding hydrogens is 380 g/mol. The fraction of sp³-hybridized carbons (Fsp3) is 0.200. The van der Waals surface area contributed by atoms with E-state index < -0.39 is 23.9 Å². The summed E-state index contributed by atoms with van der Waals surface area (Å²) in [4.78, 5) is 27.4. The van der Waals surface area contributed by atoms with Crippen molar-refractivity contribution < 1.29 is 14.7 Å². The van der Waals surface area contributed by atoms with Gasteiger partial charge >= 0.3 is 0 Å². The first-order valence-electron chi connectivity index (χ1n) is 8.62. The number of carbonyl (C=O) groups is 2. The lowest BCUT2D eigenvalue weighted by atomic mass is 10.0. The molecule has 3 aromatic rings. The summed E-state index contributed by atoms with van der Waals surface area (Å²) < 4.78 is 0. The molecule has 0 bridgehead atoms. The number of rotatable bonds is 7. The molecule has 1 heterocycles. The van der Waals surface area contributed by atoms with Gasteiger partial charge < -0.3 is 26.9 Å². The Morgan fingerprint density at radius 1 is 1.07 bits per heavy atom. The highest BCUT2D eigenvalue weighted by atomic mass is 35.5. The summed E-state index contributed by atoms with van der Waals surface area (Å²) in [6.45, 7) is 0. The summed E-state index contributed by atoms with van der Waals surface area (Å²) in [5.74, 6) is -0.960. The summed E-state index contributed by atoms with van der Waals surface area (Å²) >= 11 is 0. The molecule has 0 saturated carbocycles. The van der Waals surface area contributed by atoms with Gasteiger partial charge in [0, 0.05) is 23.5 Å². The number of halogens is 1. The quantitative estimate of drug-likeness (QED) is 0.408. The van der Waals surface area contributed by atoms with Crippen molar-refractivity contribution in [3.8, 4) is 5.75 Å². The zero-order valence-corrected chi connectivity index (χ0v) is 15.9. The van der Waals surface area contributed by atoms with Gasteiger partial charge in [-0.3, -0.25) is 9.59 Å². The predicted molar refractivity (Wildman–Crippen MR) is 110 cm³/mol. The molecule has 7 N–H and O–H groups in total. The molecule has 1 aromatic heterocycles. The standard InChI is InChI=1S/C20H22N4O3.ClH/c21-16(10-13-11-23-17-4-2-1-3-15(13)17)20(27)24-18(19(22)26)9-12-5-7-14(25)8-6-12;/h1-8,11,16,18,23,25H,9-10,21H2,(H2,22,26)(H,24,27);1H. The molecule has 0 aliphatic heterocycles. The minimum atomic E-state index is -0.879. The van der Waals surface area contributed by atoms with Crippen LogP contribution in [0.25, 0.3) is 10.9 Å². The number of hydrogen-bond donors (Lipinski definition) is 5. The number of aromatic hydroxyl groups is 1. The summed E-state index contributed by atoms with van der Waals surface area (Å²) in [5.41, 5.74) is 14.1. The van der Waals surface area contributed by atoms with Gasteiger partial charge in [0.25, 0.3) is 0 Å². The van der Waals surface area contributed by atoms with Gasteiger partial charge in [-0.25, -0.2) is 0 Å². The van der Waals surface area contributed by atoms with E-state index >= 15 is 0 Å². The number of benzene rings is 2. The lowest BCUT2D eigenvalue weighted by molar-refractivity contribution is -0.128. The molecule has 0 spiro atoms. The van der Waals surface area contributed by atoms with Crippen molar-refractivity contribution in [2.45, 2.75) is 24.9 Å². The summed E-state index contributed by atoms with van der Waals surface area (Å²) in [7, 11) is 0. The monoisotopic (exact) mass is 402 g/mol. The number of para-hydroxylation sites is 1. The van der Waals surface area contributed by atoms with Gasteiger partial charge in [0.1, 0.15) is 11.8 Å². The minimum Gasteiger partial charge on any atom is -0.508 e. The van der Waals surface area contributed by atoms with Crippen molar-refractivity contribution >= 4 is 35.1 Å². The Kier molecular flexibility index (Phi) is 7.03. The van der Waals surface area contributed by atoms with Crippen LogP contribution in [0, 0.1) is 0 Å². The number of phenolic OH excluding ortho intramolecular Hbond substituents is 1. The number of primary amides is 1. The van der Waals surface area contributed by atoms with Crippen LogP contribution in [-0.4, -0.2) is 34.0 Å². The number of amides is 2.